The number of nitrogens with one attached hydrogen (secondary N) is 1. The number of fused-ring (bicyclic) bond motifs is 4. The first-order valence-corrected chi connectivity index (χ1v) is 12.6. The van der Waals surface area contributed by atoms with Gasteiger partial charge in [-0.3, -0.25) is 9.59 Å². The van der Waals surface area contributed by atoms with Gasteiger partial charge in [-0.1, -0.05) is 12.1 Å². The van der Waals surface area contributed by atoms with Crippen LogP contribution >= 0.6 is 11.3 Å². The van der Waals surface area contributed by atoms with E-state index < -0.39 is 0 Å². The third-order valence-electron chi connectivity index (χ3n) is 6.66. The van der Waals surface area contributed by atoms with E-state index in [4.69, 9.17) is 9.72 Å². The molecule has 0 spiro atoms. The van der Waals surface area contributed by atoms with Gasteiger partial charge in [-0.25, -0.2) is 4.98 Å². The third kappa shape index (κ3) is 4.36. The van der Waals surface area contributed by atoms with Gasteiger partial charge in [-0.05, 0) is 50.3 Å². The number of amides is 1. The van der Waals surface area contributed by atoms with E-state index in [-0.39, 0.29) is 17.6 Å². The molecule has 0 saturated carbocycles. The number of ether oxygens (including phenoxy) is 1. The van der Waals surface area contributed by atoms with E-state index in [2.05, 4.69) is 22.9 Å². The fourth-order valence-electron chi connectivity index (χ4n) is 4.92. The molecular weight excluding hydrogens is 436 g/mol. The average Bonchev–Trinajstić information content (AvgIpc) is 3.20. The number of aromatic nitrogens is 2. The van der Waals surface area contributed by atoms with Gasteiger partial charge in [0, 0.05) is 31.3 Å². The Morgan fingerprint density at radius 2 is 2.12 bits per heavy atom. The molecule has 1 N–H and O–H groups in total. The molecule has 0 radical (unpaired) electrons. The van der Waals surface area contributed by atoms with Crippen molar-refractivity contribution in [1.82, 2.24) is 14.9 Å². The van der Waals surface area contributed by atoms with Crippen LogP contribution in [0.15, 0.2) is 29.1 Å². The first-order valence-electron chi connectivity index (χ1n) is 11.8. The van der Waals surface area contributed by atoms with Crippen LogP contribution in [0.2, 0.25) is 0 Å². The molecule has 2 aromatic heterocycles. The molecule has 5 rings (SSSR count). The summed E-state index contributed by atoms with van der Waals surface area (Å²) in [7, 11) is 1.81. The van der Waals surface area contributed by atoms with Crippen molar-refractivity contribution in [3.8, 4) is 5.75 Å². The van der Waals surface area contributed by atoms with Crippen molar-refractivity contribution in [2.45, 2.75) is 51.6 Å². The van der Waals surface area contributed by atoms with Crippen LogP contribution in [0.5, 0.6) is 5.75 Å². The lowest BCUT2D eigenvalue weighted by atomic mass is 9.97. The van der Waals surface area contributed by atoms with Gasteiger partial charge in [0.05, 0.1) is 24.2 Å². The zero-order chi connectivity index (χ0) is 22.9. The number of benzene rings is 1. The summed E-state index contributed by atoms with van der Waals surface area (Å²) >= 11 is 1.64. The Balaban J connectivity index is 1.22. The smallest absolute Gasteiger partial charge is 0.259 e. The molecule has 1 unspecified atom stereocenters. The molecule has 0 fully saturated rings. The van der Waals surface area contributed by atoms with Crippen molar-refractivity contribution in [3.05, 3.63) is 50.9 Å². The zero-order valence-electron chi connectivity index (χ0n) is 19.2. The average molecular weight is 467 g/mol. The highest BCUT2D eigenvalue weighted by molar-refractivity contribution is 7.18. The predicted molar refractivity (Wildman–Crippen MR) is 132 cm³/mol. The van der Waals surface area contributed by atoms with E-state index in [0.29, 0.717) is 25.2 Å². The second-order valence-electron chi connectivity index (χ2n) is 8.92. The van der Waals surface area contributed by atoms with Crippen molar-refractivity contribution >= 4 is 33.1 Å². The summed E-state index contributed by atoms with van der Waals surface area (Å²) in [6, 6.07) is 8.03. The maximum atomic E-state index is 12.8. The zero-order valence-corrected chi connectivity index (χ0v) is 20.0. The SMILES string of the molecule is CCN1CC(CN(C)C(=O)CCc2nc3sc4c(c3c(=O)[nH]2)CCCC4)Oc2ccccc21. The molecule has 2 aliphatic rings. The fraction of sp³-hybridized carbons (Fsp3) is 0.480. The number of carbonyl (C=O) groups excluding carboxylic acids is 1. The number of nitrogens with zero attached hydrogens (tertiary/aromatic N) is 3. The minimum Gasteiger partial charge on any atom is -0.485 e. The Labute approximate surface area is 197 Å². The Hall–Kier alpha value is -2.87. The minimum atomic E-state index is -0.0829. The van der Waals surface area contributed by atoms with Crippen LogP contribution in [0.1, 0.15) is 42.5 Å². The molecule has 0 saturated heterocycles. The van der Waals surface area contributed by atoms with Gasteiger partial charge < -0.3 is 19.5 Å². The van der Waals surface area contributed by atoms with Gasteiger partial charge in [-0.15, -0.1) is 11.3 Å². The van der Waals surface area contributed by atoms with E-state index in [1.165, 1.54) is 16.9 Å². The normalized spacial score (nSPS) is 17.4. The van der Waals surface area contributed by atoms with Crippen LogP contribution in [-0.2, 0) is 24.1 Å². The van der Waals surface area contributed by atoms with Gasteiger partial charge in [0.1, 0.15) is 22.5 Å². The van der Waals surface area contributed by atoms with Crippen LogP contribution in [0.4, 0.5) is 5.69 Å². The number of anilines is 1. The molecule has 1 aliphatic heterocycles. The van der Waals surface area contributed by atoms with Crippen LogP contribution < -0.4 is 15.2 Å². The van der Waals surface area contributed by atoms with E-state index in [0.717, 1.165) is 54.0 Å². The monoisotopic (exact) mass is 466 g/mol. The number of H-pyrrole nitrogens is 1. The number of para-hydroxylation sites is 2. The molecule has 0 bridgehead atoms. The van der Waals surface area contributed by atoms with Gasteiger partial charge in [0.15, 0.2) is 0 Å². The standard InChI is InChI=1S/C25H30N4O3S/c1-3-29-15-16(32-19-10-6-5-9-18(19)29)14-28(2)22(30)13-12-21-26-24(31)23-17-8-4-7-11-20(17)33-25(23)27-21/h5-6,9-10,16H,3-4,7-8,11-15H2,1-2H3,(H,26,27,31). The lowest BCUT2D eigenvalue weighted by Crippen LogP contribution is -2.46. The predicted octanol–water partition coefficient (Wildman–Crippen LogP) is 3.54. The number of hydrogen-bond donors (Lipinski definition) is 1. The van der Waals surface area contributed by atoms with Gasteiger partial charge in [0.2, 0.25) is 5.91 Å². The summed E-state index contributed by atoms with van der Waals surface area (Å²) in [6.07, 6.45) is 4.96. The van der Waals surface area contributed by atoms with Crippen LogP contribution in [0.3, 0.4) is 0 Å². The van der Waals surface area contributed by atoms with E-state index in [9.17, 15) is 9.59 Å². The van der Waals surface area contributed by atoms with Crippen molar-refractivity contribution in [2.24, 2.45) is 0 Å². The second kappa shape index (κ2) is 9.17. The summed E-state index contributed by atoms with van der Waals surface area (Å²) in [5.74, 6) is 1.48. The molecule has 3 heterocycles. The van der Waals surface area contributed by atoms with Gasteiger partial charge in [0.25, 0.3) is 5.56 Å². The van der Waals surface area contributed by atoms with Crippen LogP contribution in [0, 0.1) is 0 Å². The van der Waals surface area contributed by atoms with Gasteiger partial charge >= 0.3 is 0 Å². The Morgan fingerprint density at radius 3 is 2.97 bits per heavy atom. The summed E-state index contributed by atoms with van der Waals surface area (Å²) in [4.78, 5) is 39.3. The quantitative estimate of drug-likeness (QED) is 0.601. The topological polar surface area (TPSA) is 78.5 Å². The number of rotatable bonds is 6. The van der Waals surface area contributed by atoms with E-state index in [1.807, 2.05) is 25.2 Å². The van der Waals surface area contributed by atoms with Crippen molar-refractivity contribution in [3.63, 3.8) is 0 Å². The van der Waals surface area contributed by atoms with Crippen LogP contribution in [0.25, 0.3) is 10.2 Å². The first kappa shape index (κ1) is 21.9. The van der Waals surface area contributed by atoms with Crippen molar-refractivity contribution in [1.29, 1.82) is 0 Å². The third-order valence-corrected chi connectivity index (χ3v) is 7.84. The lowest BCUT2D eigenvalue weighted by Gasteiger charge is -2.37. The number of likely N-dealkylation sites (N-methyl/N-ethyl adjacent to an activating group) is 2. The fourth-order valence-corrected chi connectivity index (χ4v) is 6.20. The largest absolute Gasteiger partial charge is 0.485 e. The molecule has 7 nitrogen and oxygen atoms in total. The Morgan fingerprint density at radius 1 is 1.30 bits per heavy atom. The number of hydrogen-bond acceptors (Lipinski definition) is 6. The number of aromatic amines is 1. The highest BCUT2D eigenvalue weighted by Crippen LogP contribution is 2.34. The summed E-state index contributed by atoms with van der Waals surface area (Å²) < 4.78 is 6.16. The second-order valence-corrected chi connectivity index (χ2v) is 10.0. The highest BCUT2D eigenvalue weighted by atomic mass is 32.1. The minimum absolute atomic E-state index is 0.0220. The number of aryl methyl sites for hydroxylation is 3. The lowest BCUT2D eigenvalue weighted by molar-refractivity contribution is -0.130. The molecule has 174 valence electrons. The summed E-state index contributed by atoms with van der Waals surface area (Å²) in [6.45, 7) is 4.29. The molecule has 1 atom stereocenters. The Bertz CT molecular complexity index is 1230. The molecule has 33 heavy (non-hydrogen) atoms. The van der Waals surface area contributed by atoms with E-state index >= 15 is 0 Å². The van der Waals surface area contributed by atoms with Gasteiger partial charge in [-0.2, -0.15) is 0 Å². The summed E-state index contributed by atoms with van der Waals surface area (Å²) in [5.41, 5.74) is 2.22. The van der Waals surface area contributed by atoms with Crippen molar-refractivity contribution in [2.75, 3.05) is 31.6 Å². The van der Waals surface area contributed by atoms with Crippen LogP contribution in [-0.4, -0.2) is 53.6 Å². The van der Waals surface area contributed by atoms with E-state index in [1.54, 1.807) is 16.2 Å². The summed E-state index contributed by atoms with van der Waals surface area (Å²) in [5, 5.41) is 0.761. The molecule has 1 aliphatic carbocycles. The first-order chi connectivity index (χ1) is 16.0. The molecule has 1 amide bonds. The maximum absolute atomic E-state index is 12.8. The molecule has 1 aromatic carbocycles. The molecule has 3 aromatic rings. The highest BCUT2D eigenvalue weighted by Gasteiger charge is 2.27. The number of carbonyl (C=O) groups is 1. The molecule has 8 heteroatoms. The van der Waals surface area contributed by atoms with Crippen molar-refractivity contribution < 1.29 is 9.53 Å². The number of thiophene rings is 1. The Kier molecular flexibility index (Phi) is 6.10. The molecular formula is C25H30N4O3S. The maximum Gasteiger partial charge on any atom is 0.259 e.